The highest BCUT2D eigenvalue weighted by Crippen LogP contribution is 2.28. The molecule has 3 rings (SSSR count). The van der Waals surface area contributed by atoms with Crippen molar-refractivity contribution in [1.29, 1.82) is 5.26 Å². The molecule has 6 nitrogen and oxygen atoms in total. The largest absolute Gasteiger partial charge is 0.376 e. The summed E-state index contributed by atoms with van der Waals surface area (Å²) in [7, 11) is 0. The average molecular weight is 373 g/mol. The standard InChI is InChI=1S/C21H32N4O2/c1-14-8-15(2)11-24(10-14)13-20(26)23-21-19(9-22)16(3)17(4)25(21)12-18-6-5-7-27-18/h14-15,18H,5-8,10-13H2,1-4H3,(H,23,26)/t14-,15+,18-/m1/s1. The van der Waals surface area contributed by atoms with E-state index in [2.05, 4.69) is 34.7 Å². The van der Waals surface area contributed by atoms with E-state index in [0.29, 0.717) is 36.3 Å². The fraction of sp³-hybridized carbons (Fsp3) is 0.714. The van der Waals surface area contributed by atoms with Crippen LogP contribution in [0.5, 0.6) is 0 Å². The zero-order valence-corrected chi connectivity index (χ0v) is 17.0. The van der Waals surface area contributed by atoms with E-state index >= 15 is 0 Å². The molecular weight excluding hydrogens is 340 g/mol. The molecule has 0 unspecified atom stereocenters. The van der Waals surface area contributed by atoms with Gasteiger partial charge in [0, 0.05) is 25.4 Å². The molecule has 0 bridgehead atoms. The third-order valence-electron chi connectivity index (χ3n) is 5.92. The number of nitrogens with one attached hydrogen (secondary N) is 1. The summed E-state index contributed by atoms with van der Waals surface area (Å²) in [5, 5.41) is 12.7. The number of carbonyl (C=O) groups excluding carboxylic acids is 1. The Hall–Kier alpha value is -1.84. The Morgan fingerprint density at radius 1 is 1.30 bits per heavy atom. The number of rotatable bonds is 5. The fourth-order valence-corrected chi connectivity index (χ4v) is 4.65. The molecule has 148 valence electrons. The van der Waals surface area contributed by atoms with Crippen LogP contribution < -0.4 is 5.32 Å². The van der Waals surface area contributed by atoms with E-state index in [1.54, 1.807) is 0 Å². The van der Waals surface area contributed by atoms with Gasteiger partial charge in [-0.05, 0) is 50.5 Å². The monoisotopic (exact) mass is 372 g/mol. The highest BCUT2D eigenvalue weighted by atomic mass is 16.5. The first-order chi connectivity index (χ1) is 12.9. The summed E-state index contributed by atoms with van der Waals surface area (Å²) in [5.74, 6) is 1.82. The minimum absolute atomic E-state index is 0.0427. The molecule has 0 radical (unpaired) electrons. The van der Waals surface area contributed by atoms with Crippen LogP contribution in [-0.4, -0.2) is 47.7 Å². The zero-order valence-electron chi connectivity index (χ0n) is 17.0. The molecule has 2 saturated heterocycles. The predicted molar refractivity (Wildman–Crippen MR) is 106 cm³/mol. The minimum Gasteiger partial charge on any atom is -0.376 e. The van der Waals surface area contributed by atoms with Gasteiger partial charge in [0.1, 0.15) is 11.9 Å². The second-order valence-corrected chi connectivity index (χ2v) is 8.48. The first-order valence-corrected chi connectivity index (χ1v) is 10.1. The van der Waals surface area contributed by atoms with Crippen molar-refractivity contribution in [3.05, 3.63) is 16.8 Å². The third-order valence-corrected chi connectivity index (χ3v) is 5.92. The summed E-state index contributed by atoms with van der Waals surface area (Å²) < 4.78 is 7.83. The SMILES string of the molecule is Cc1c(C#N)c(NC(=O)CN2C[C@H](C)C[C@H](C)C2)n(C[C@H]2CCCO2)c1C. The molecule has 0 spiro atoms. The topological polar surface area (TPSA) is 70.3 Å². The Morgan fingerprint density at radius 2 is 2.00 bits per heavy atom. The summed E-state index contributed by atoms with van der Waals surface area (Å²) in [6, 6.07) is 2.28. The van der Waals surface area contributed by atoms with E-state index in [9.17, 15) is 10.1 Å². The van der Waals surface area contributed by atoms with Crippen molar-refractivity contribution in [2.75, 3.05) is 31.6 Å². The van der Waals surface area contributed by atoms with Gasteiger partial charge in [-0.2, -0.15) is 5.26 Å². The van der Waals surface area contributed by atoms with Gasteiger partial charge in [0.15, 0.2) is 0 Å². The summed E-state index contributed by atoms with van der Waals surface area (Å²) in [5.41, 5.74) is 2.53. The molecule has 2 aliphatic heterocycles. The Balaban J connectivity index is 1.75. The van der Waals surface area contributed by atoms with Gasteiger partial charge in [0.25, 0.3) is 0 Å². The Kier molecular flexibility index (Phi) is 6.23. The van der Waals surface area contributed by atoms with Crippen LogP contribution in [0, 0.1) is 37.0 Å². The highest BCUT2D eigenvalue weighted by molar-refractivity contribution is 5.93. The Morgan fingerprint density at radius 3 is 2.59 bits per heavy atom. The number of likely N-dealkylation sites (tertiary alicyclic amines) is 1. The molecule has 1 aromatic rings. The molecule has 0 aliphatic carbocycles. The quantitative estimate of drug-likeness (QED) is 0.862. The van der Waals surface area contributed by atoms with Gasteiger partial charge >= 0.3 is 0 Å². The lowest BCUT2D eigenvalue weighted by atomic mass is 9.92. The van der Waals surface area contributed by atoms with Crippen LogP contribution in [0.25, 0.3) is 0 Å². The molecule has 2 aliphatic rings. The van der Waals surface area contributed by atoms with Gasteiger partial charge in [-0.15, -0.1) is 0 Å². The molecular formula is C21H32N4O2. The van der Waals surface area contributed by atoms with Gasteiger partial charge in [-0.25, -0.2) is 0 Å². The fourth-order valence-electron chi connectivity index (χ4n) is 4.65. The van der Waals surface area contributed by atoms with Crippen molar-refractivity contribution in [1.82, 2.24) is 9.47 Å². The van der Waals surface area contributed by atoms with Gasteiger partial charge in [-0.3, -0.25) is 9.69 Å². The van der Waals surface area contributed by atoms with Crippen LogP contribution in [0.15, 0.2) is 0 Å². The molecule has 1 amide bonds. The summed E-state index contributed by atoms with van der Waals surface area (Å²) in [6.45, 7) is 12.2. The number of piperidine rings is 1. The number of hydrogen-bond acceptors (Lipinski definition) is 4. The molecule has 0 saturated carbocycles. The number of hydrogen-bond donors (Lipinski definition) is 1. The van der Waals surface area contributed by atoms with E-state index in [1.165, 1.54) is 6.42 Å². The summed E-state index contributed by atoms with van der Waals surface area (Å²) in [6.07, 6.45) is 3.47. The van der Waals surface area contributed by atoms with Crippen LogP contribution >= 0.6 is 0 Å². The molecule has 27 heavy (non-hydrogen) atoms. The summed E-state index contributed by atoms with van der Waals surface area (Å²) >= 11 is 0. The molecule has 6 heteroatoms. The lowest BCUT2D eigenvalue weighted by molar-refractivity contribution is -0.118. The number of nitriles is 1. The maximum atomic E-state index is 12.8. The number of ether oxygens (including phenoxy) is 1. The van der Waals surface area contributed by atoms with Crippen molar-refractivity contribution in [3.63, 3.8) is 0 Å². The van der Waals surface area contributed by atoms with Crippen LogP contribution in [0.2, 0.25) is 0 Å². The predicted octanol–water partition coefficient (Wildman–Crippen LogP) is 3.07. The zero-order chi connectivity index (χ0) is 19.6. The van der Waals surface area contributed by atoms with Crippen LogP contribution in [-0.2, 0) is 16.1 Å². The van der Waals surface area contributed by atoms with Crippen molar-refractivity contribution >= 4 is 11.7 Å². The molecule has 3 atom stereocenters. The molecule has 1 aromatic heterocycles. The number of anilines is 1. The molecule has 2 fully saturated rings. The van der Waals surface area contributed by atoms with Gasteiger partial charge in [0.05, 0.1) is 24.8 Å². The number of aromatic nitrogens is 1. The van der Waals surface area contributed by atoms with Gasteiger partial charge in [0.2, 0.25) is 5.91 Å². The second kappa shape index (κ2) is 8.45. The van der Waals surface area contributed by atoms with E-state index in [-0.39, 0.29) is 12.0 Å². The highest BCUT2D eigenvalue weighted by Gasteiger charge is 2.26. The van der Waals surface area contributed by atoms with E-state index in [0.717, 1.165) is 43.8 Å². The van der Waals surface area contributed by atoms with Crippen LogP contribution in [0.1, 0.15) is 49.9 Å². The van der Waals surface area contributed by atoms with Gasteiger partial charge in [-0.1, -0.05) is 13.8 Å². The van der Waals surface area contributed by atoms with Crippen molar-refractivity contribution in [2.45, 2.75) is 59.6 Å². The first kappa shape index (κ1) is 19.9. The average Bonchev–Trinajstić information content (AvgIpc) is 3.17. The summed E-state index contributed by atoms with van der Waals surface area (Å²) in [4.78, 5) is 15.0. The van der Waals surface area contributed by atoms with Crippen LogP contribution in [0.3, 0.4) is 0 Å². The molecule has 0 aromatic carbocycles. The lowest BCUT2D eigenvalue weighted by Gasteiger charge is -2.34. The number of amides is 1. The Labute approximate surface area is 162 Å². The minimum atomic E-state index is -0.0427. The normalized spacial score (nSPS) is 26.1. The number of carbonyl (C=O) groups is 1. The van der Waals surface area contributed by atoms with E-state index in [4.69, 9.17) is 4.74 Å². The van der Waals surface area contributed by atoms with E-state index in [1.807, 2.05) is 13.8 Å². The molecule has 3 heterocycles. The maximum Gasteiger partial charge on any atom is 0.239 e. The lowest BCUT2D eigenvalue weighted by Crippen LogP contribution is -2.43. The second-order valence-electron chi connectivity index (χ2n) is 8.48. The van der Waals surface area contributed by atoms with E-state index < -0.39 is 0 Å². The van der Waals surface area contributed by atoms with Crippen molar-refractivity contribution in [3.8, 4) is 6.07 Å². The van der Waals surface area contributed by atoms with Gasteiger partial charge < -0.3 is 14.6 Å². The maximum absolute atomic E-state index is 12.8. The third kappa shape index (κ3) is 4.53. The van der Waals surface area contributed by atoms with Crippen molar-refractivity contribution < 1.29 is 9.53 Å². The smallest absolute Gasteiger partial charge is 0.239 e. The number of nitrogens with zero attached hydrogens (tertiary/aromatic N) is 3. The first-order valence-electron chi connectivity index (χ1n) is 10.1. The Bertz CT molecular complexity index is 718. The van der Waals surface area contributed by atoms with Crippen LogP contribution in [0.4, 0.5) is 5.82 Å². The van der Waals surface area contributed by atoms with Crippen molar-refractivity contribution in [2.24, 2.45) is 11.8 Å². The molecule has 1 N–H and O–H groups in total.